The van der Waals surface area contributed by atoms with Crippen molar-refractivity contribution in [2.45, 2.75) is 18.2 Å². The van der Waals surface area contributed by atoms with E-state index in [0.29, 0.717) is 17.7 Å². The van der Waals surface area contributed by atoms with Gasteiger partial charge in [-0.1, -0.05) is 59.8 Å². The van der Waals surface area contributed by atoms with Crippen molar-refractivity contribution in [3.05, 3.63) is 65.7 Å². The summed E-state index contributed by atoms with van der Waals surface area (Å²) in [6, 6.07) is 18.3. The molecule has 0 aliphatic carbocycles. The number of rotatable bonds is 8. The normalized spacial score (nSPS) is 12.1. The van der Waals surface area contributed by atoms with Gasteiger partial charge in [-0.3, -0.25) is 4.79 Å². The van der Waals surface area contributed by atoms with Crippen LogP contribution in [0.15, 0.2) is 64.2 Å². The number of quaternary nitrogens is 1. The SMILES string of the molecule is Cc1ccc(-c2nnc(SCC(=O)NC[C@H](c3ccccc3)[NH+](C)C)o2)cc1. The van der Waals surface area contributed by atoms with Gasteiger partial charge in [0.05, 0.1) is 26.4 Å². The van der Waals surface area contributed by atoms with Gasteiger partial charge in [0.1, 0.15) is 6.04 Å². The fourth-order valence-electron chi connectivity index (χ4n) is 2.82. The largest absolute Gasteiger partial charge is 0.411 e. The highest BCUT2D eigenvalue weighted by Crippen LogP contribution is 2.23. The number of thioether (sulfide) groups is 1. The molecule has 1 amide bonds. The Hall–Kier alpha value is -2.64. The van der Waals surface area contributed by atoms with Crippen LogP contribution in [0.5, 0.6) is 0 Å². The van der Waals surface area contributed by atoms with E-state index in [1.807, 2.05) is 49.4 Å². The third kappa shape index (κ3) is 5.43. The second kappa shape index (κ2) is 9.52. The lowest BCUT2D eigenvalue weighted by Gasteiger charge is -2.22. The lowest BCUT2D eigenvalue weighted by molar-refractivity contribution is -0.890. The average Bonchev–Trinajstić information content (AvgIpc) is 3.17. The average molecular weight is 398 g/mol. The fraction of sp³-hybridized carbons (Fsp3) is 0.286. The van der Waals surface area contributed by atoms with Gasteiger partial charge in [-0.25, -0.2) is 0 Å². The Morgan fingerprint density at radius 3 is 2.50 bits per heavy atom. The van der Waals surface area contributed by atoms with Gasteiger partial charge in [0, 0.05) is 11.1 Å². The molecule has 6 nitrogen and oxygen atoms in total. The van der Waals surface area contributed by atoms with E-state index in [9.17, 15) is 4.79 Å². The molecule has 1 heterocycles. The molecule has 0 fully saturated rings. The summed E-state index contributed by atoms with van der Waals surface area (Å²) in [7, 11) is 4.17. The summed E-state index contributed by atoms with van der Waals surface area (Å²) in [5.74, 6) is 0.644. The number of hydrogen-bond donors (Lipinski definition) is 2. The molecule has 0 saturated heterocycles. The number of carbonyl (C=O) groups excluding carboxylic acids is 1. The molecule has 7 heteroatoms. The lowest BCUT2D eigenvalue weighted by atomic mass is 10.1. The maximum absolute atomic E-state index is 12.3. The molecular weight excluding hydrogens is 372 g/mol. The van der Waals surface area contributed by atoms with E-state index in [-0.39, 0.29) is 17.7 Å². The first-order chi connectivity index (χ1) is 13.5. The summed E-state index contributed by atoms with van der Waals surface area (Å²) in [5.41, 5.74) is 3.24. The highest BCUT2D eigenvalue weighted by Gasteiger charge is 2.19. The minimum atomic E-state index is -0.0535. The van der Waals surface area contributed by atoms with Crippen LogP contribution in [0.25, 0.3) is 11.5 Å². The smallest absolute Gasteiger partial charge is 0.277 e. The molecule has 0 bridgehead atoms. The van der Waals surface area contributed by atoms with Gasteiger partial charge in [-0.2, -0.15) is 0 Å². The Labute approximate surface area is 169 Å². The second-order valence-corrected chi connectivity index (χ2v) is 7.80. The first-order valence-electron chi connectivity index (χ1n) is 9.18. The zero-order valence-corrected chi connectivity index (χ0v) is 17.1. The minimum Gasteiger partial charge on any atom is -0.411 e. The molecule has 146 valence electrons. The van der Waals surface area contributed by atoms with Crippen LogP contribution < -0.4 is 10.2 Å². The van der Waals surface area contributed by atoms with Gasteiger partial charge in [-0.15, -0.1) is 10.2 Å². The summed E-state index contributed by atoms with van der Waals surface area (Å²) in [6.07, 6.45) is 0. The van der Waals surface area contributed by atoms with Gasteiger partial charge in [0.25, 0.3) is 5.22 Å². The number of aryl methyl sites for hydroxylation is 1. The van der Waals surface area contributed by atoms with Crippen LogP contribution in [0.4, 0.5) is 0 Å². The molecule has 2 N–H and O–H groups in total. The first kappa shape index (κ1) is 20.1. The van der Waals surface area contributed by atoms with E-state index in [0.717, 1.165) is 5.56 Å². The van der Waals surface area contributed by atoms with E-state index in [1.54, 1.807) is 0 Å². The summed E-state index contributed by atoms with van der Waals surface area (Å²) < 4.78 is 5.65. The molecule has 0 aliphatic rings. The van der Waals surface area contributed by atoms with Crippen molar-refractivity contribution in [1.82, 2.24) is 15.5 Å². The van der Waals surface area contributed by atoms with Crippen molar-refractivity contribution in [3.63, 3.8) is 0 Å². The van der Waals surface area contributed by atoms with Crippen LogP contribution >= 0.6 is 11.8 Å². The van der Waals surface area contributed by atoms with E-state index in [2.05, 4.69) is 41.7 Å². The number of benzene rings is 2. The molecular formula is C21H25N4O2S+. The van der Waals surface area contributed by atoms with Crippen LogP contribution in [0.2, 0.25) is 0 Å². The lowest BCUT2D eigenvalue weighted by Crippen LogP contribution is -3.07. The molecule has 0 unspecified atom stereocenters. The maximum Gasteiger partial charge on any atom is 0.277 e. The van der Waals surface area contributed by atoms with Crippen molar-refractivity contribution in [2.24, 2.45) is 0 Å². The molecule has 2 aromatic carbocycles. The second-order valence-electron chi connectivity index (χ2n) is 6.87. The van der Waals surface area contributed by atoms with Gasteiger partial charge < -0.3 is 14.6 Å². The van der Waals surface area contributed by atoms with Crippen LogP contribution in [0, 0.1) is 6.92 Å². The molecule has 0 aliphatic heterocycles. The van der Waals surface area contributed by atoms with E-state index >= 15 is 0 Å². The van der Waals surface area contributed by atoms with Crippen LogP contribution in [0.3, 0.4) is 0 Å². The number of amides is 1. The van der Waals surface area contributed by atoms with E-state index < -0.39 is 0 Å². The van der Waals surface area contributed by atoms with Gasteiger partial charge in [0.2, 0.25) is 11.8 Å². The van der Waals surface area contributed by atoms with E-state index in [1.165, 1.54) is 27.8 Å². The number of hydrogen-bond acceptors (Lipinski definition) is 5. The van der Waals surface area contributed by atoms with Gasteiger partial charge in [0.15, 0.2) is 0 Å². The van der Waals surface area contributed by atoms with Crippen LogP contribution in [0.1, 0.15) is 17.2 Å². The van der Waals surface area contributed by atoms with Gasteiger partial charge in [-0.05, 0) is 19.1 Å². The third-order valence-electron chi connectivity index (χ3n) is 4.43. The maximum atomic E-state index is 12.3. The van der Waals surface area contributed by atoms with Crippen molar-refractivity contribution in [2.75, 3.05) is 26.4 Å². The minimum absolute atomic E-state index is 0.0535. The van der Waals surface area contributed by atoms with Crippen LogP contribution in [-0.4, -0.2) is 42.5 Å². The molecule has 3 aromatic rings. The van der Waals surface area contributed by atoms with Crippen molar-refractivity contribution in [1.29, 1.82) is 0 Å². The number of carbonyl (C=O) groups is 1. The van der Waals surface area contributed by atoms with Crippen molar-refractivity contribution >= 4 is 17.7 Å². The Bertz CT molecular complexity index is 894. The summed E-state index contributed by atoms with van der Waals surface area (Å²) in [4.78, 5) is 13.5. The third-order valence-corrected chi connectivity index (χ3v) is 5.25. The molecule has 3 rings (SSSR count). The predicted molar refractivity (Wildman–Crippen MR) is 110 cm³/mol. The number of nitrogens with one attached hydrogen (secondary N) is 2. The quantitative estimate of drug-likeness (QED) is 0.570. The molecule has 1 aromatic heterocycles. The van der Waals surface area contributed by atoms with E-state index in [4.69, 9.17) is 4.42 Å². The summed E-state index contributed by atoms with van der Waals surface area (Å²) in [5, 5.41) is 11.5. The highest BCUT2D eigenvalue weighted by atomic mass is 32.2. The Morgan fingerprint density at radius 1 is 1.11 bits per heavy atom. The number of likely N-dealkylation sites (N-methyl/N-ethyl adjacent to an activating group) is 1. The molecule has 0 spiro atoms. The Morgan fingerprint density at radius 2 is 1.82 bits per heavy atom. The summed E-state index contributed by atoms with van der Waals surface area (Å²) >= 11 is 1.24. The number of aromatic nitrogens is 2. The monoisotopic (exact) mass is 397 g/mol. The molecule has 28 heavy (non-hydrogen) atoms. The fourth-order valence-corrected chi connectivity index (χ4v) is 3.41. The predicted octanol–water partition coefficient (Wildman–Crippen LogP) is 2.14. The molecule has 1 atom stereocenters. The highest BCUT2D eigenvalue weighted by molar-refractivity contribution is 7.99. The standard InChI is InChI=1S/C21H24N4O2S/c1-15-9-11-17(12-10-15)20-23-24-21(27-20)28-14-19(26)22-13-18(25(2)3)16-7-5-4-6-8-16/h4-12,18H,13-14H2,1-3H3,(H,22,26)/p+1/t18-/m1/s1. The number of nitrogens with zero attached hydrogens (tertiary/aromatic N) is 2. The topological polar surface area (TPSA) is 72.5 Å². The van der Waals surface area contributed by atoms with Crippen molar-refractivity contribution < 1.29 is 14.1 Å². The zero-order chi connectivity index (χ0) is 19.9. The van der Waals surface area contributed by atoms with Crippen LogP contribution in [-0.2, 0) is 4.79 Å². The summed E-state index contributed by atoms with van der Waals surface area (Å²) in [6.45, 7) is 2.60. The van der Waals surface area contributed by atoms with Gasteiger partial charge >= 0.3 is 0 Å². The Balaban J connectivity index is 1.51. The molecule has 0 radical (unpaired) electrons. The van der Waals surface area contributed by atoms with Crippen molar-refractivity contribution in [3.8, 4) is 11.5 Å². The Kier molecular flexibility index (Phi) is 6.84. The molecule has 0 saturated carbocycles. The zero-order valence-electron chi connectivity index (χ0n) is 16.3. The first-order valence-corrected chi connectivity index (χ1v) is 10.2.